The van der Waals surface area contributed by atoms with Crippen LogP contribution in [-0.4, -0.2) is 39.0 Å². The van der Waals surface area contributed by atoms with E-state index >= 15 is 0 Å². The van der Waals surface area contributed by atoms with Gasteiger partial charge in [-0.15, -0.1) is 0 Å². The predicted molar refractivity (Wildman–Crippen MR) is 186 cm³/mol. The van der Waals surface area contributed by atoms with Gasteiger partial charge in [-0.1, -0.05) is 103 Å². The molecule has 1 aliphatic heterocycles. The summed E-state index contributed by atoms with van der Waals surface area (Å²) in [5.41, 5.74) is 5.05. The average Bonchev–Trinajstić information content (AvgIpc) is 3.56. The SMILES string of the molecule is Cc1ccc(N2C(=O)C(CC(=O)Nc3ccc(/C=C/c4ccccc4)cc3)N(Cc3c(/N=C(\[O-])c4ccccc4)on[n+]3C)C2=S)cc1. The number of nitrogens with one attached hydrogen (secondary N) is 1. The Hall–Kier alpha value is -5.94. The van der Waals surface area contributed by atoms with E-state index < -0.39 is 11.9 Å². The van der Waals surface area contributed by atoms with Gasteiger partial charge < -0.3 is 15.3 Å². The van der Waals surface area contributed by atoms with Gasteiger partial charge in [0.25, 0.3) is 11.6 Å². The van der Waals surface area contributed by atoms with Crippen LogP contribution >= 0.6 is 12.2 Å². The summed E-state index contributed by atoms with van der Waals surface area (Å²) in [6, 6.07) is 32.5. The van der Waals surface area contributed by atoms with E-state index in [-0.39, 0.29) is 35.8 Å². The lowest BCUT2D eigenvalue weighted by molar-refractivity contribution is -0.746. The molecule has 10 nitrogen and oxygen atoms in total. The summed E-state index contributed by atoms with van der Waals surface area (Å²) in [7, 11) is 1.64. The number of anilines is 2. The molecular formula is C37H32N6O4S. The van der Waals surface area contributed by atoms with Crippen LogP contribution in [0.2, 0.25) is 0 Å². The van der Waals surface area contributed by atoms with E-state index in [2.05, 4.69) is 15.6 Å². The third kappa shape index (κ3) is 7.21. The van der Waals surface area contributed by atoms with Crippen LogP contribution in [0.25, 0.3) is 12.2 Å². The van der Waals surface area contributed by atoms with Crippen LogP contribution in [0, 0.1) is 6.92 Å². The summed E-state index contributed by atoms with van der Waals surface area (Å²) in [5.74, 6) is -1.23. The van der Waals surface area contributed by atoms with Crippen molar-refractivity contribution in [2.75, 3.05) is 10.2 Å². The molecule has 0 bridgehead atoms. The van der Waals surface area contributed by atoms with Crippen molar-refractivity contribution in [1.29, 1.82) is 0 Å². The first-order valence-electron chi connectivity index (χ1n) is 15.3. The molecule has 4 aromatic carbocycles. The topological polar surface area (TPSA) is 118 Å². The molecule has 6 rings (SSSR count). The highest BCUT2D eigenvalue weighted by molar-refractivity contribution is 7.80. The molecule has 2 amide bonds. The van der Waals surface area contributed by atoms with E-state index in [1.807, 2.05) is 97.9 Å². The lowest BCUT2D eigenvalue weighted by atomic mass is 10.1. The third-order valence-electron chi connectivity index (χ3n) is 7.88. The maximum Gasteiger partial charge on any atom is 0.325 e. The van der Waals surface area contributed by atoms with Crippen molar-refractivity contribution < 1.29 is 23.9 Å². The number of aryl methyl sites for hydroxylation is 2. The summed E-state index contributed by atoms with van der Waals surface area (Å²) in [5, 5.41) is 20.0. The van der Waals surface area contributed by atoms with Gasteiger partial charge >= 0.3 is 5.88 Å². The maximum atomic E-state index is 14.0. The quantitative estimate of drug-likeness (QED) is 0.0744. The van der Waals surface area contributed by atoms with Crippen LogP contribution in [0.15, 0.2) is 119 Å². The molecule has 1 fully saturated rings. The minimum atomic E-state index is -0.945. The van der Waals surface area contributed by atoms with Crippen molar-refractivity contribution in [3.05, 3.63) is 137 Å². The standard InChI is InChI=1S/C37H32N6O4S/c1-25-13-21-30(22-14-25)43-36(46)31(23-33(44)38-29-19-17-27(18-20-29)16-15-26-9-5-3-6-10-26)42(37(43)48)24-32-35(47-40-41(32)2)39-34(45)28-11-7-4-8-12-28/h3-22,31H,23-24H2,1-2H3,(H-,38,39,40,44,45)/b16-15+. The largest absolute Gasteiger partial charge is 0.858 e. The van der Waals surface area contributed by atoms with Gasteiger partial charge in [-0.25, -0.2) is 4.99 Å². The molecule has 1 N–H and O–H groups in total. The zero-order chi connectivity index (χ0) is 33.6. The highest BCUT2D eigenvalue weighted by Gasteiger charge is 2.46. The molecule has 0 spiro atoms. The smallest absolute Gasteiger partial charge is 0.325 e. The van der Waals surface area contributed by atoms with Crippen molar-refractivity contribution in [3.8, 4) is 0 Å². The summed E-state index contributed by atoms with van der Waals surface area (Å²) < 4.78 is 6.84. The molecule has 0 aliphatic carbocycles. The van der Waals surface area contributed by atoms with Gasteiger partial charge in [-0.05, 0) is 70.7 Å². The molecule has 11 heteroatoms. The Balaban J connectivity index is 1.23. The predicted octanol–water partition coefficient (Wildman–Crippen LogP) is 4.95. The van der Waals surface area contributed by atoms with Crippen LogP contribution in [0.3, 0.4) is 0 Å². The van der Waals surface area contributed by atoms with Gasteiger partial charge in [0.05, 0.1) is 12.1 Å². The average molecular weight is 657 g/mol. The van der Waals surface area contributed by atoms with E-state index in [0.29, 0.717) is 22.6 Å². The number of aromatic nitrogens is 2. The molecule has 48 heavy (non-hydrogen) atoms. The number of rotatable bonds is 10. The number of aliphatic imine (C=N–C) groups is 1. The second-order valence-corrected chi connectivity index (χ2v) is 11.7. The highest BCUT2D eigenvalue weighted by Crippen LogP contribution is 2.30. The maximum absolute atomic E-state index is 14.0. The first kappa shape index (κ1) is 32.0. The molecule has 1 unspecified atom stereocenters. The molecule has 1 atom stereocenters. The first-order valence-corrected chi connectivity index (χ1v) is 15.7. The Morgan fingerprint density at radius 1 is 0.958 bits per heavy atom. The molecule has 0 saturated carbocycles. The molecule has 1 aliphatic rings. The molecular weight excluding hydrogens is 625 g/mol. The summed E-state index contributed by atoms with van der Waals surface area (Å²) >= 11 is 5.85. The fourth-order valence-electron chi connectivity index (χ4n) is 5.26. The second-order valence-electron chi connectivity index (χ2n) is 11.3. The van der Waals surface area contributed by atoms with Gasteiger partial charge in [0.15, 0.2) is 12.2 Å². The lowest BCUT2D eigenvalue weighted by Crippen LogP contribution is -2.42. The number of thiocarbonyl (C=S) groups is 1. The number of nitrogens with zero attached hydrogens (tertiary/aromatic N) is 5. The monoisotopic (exact) mass is 656 g/mol. The molecule has 1 aromatic heterocycles. The molecule has 2 heterocycles. The van der Waals surface area contributed by atoms with E-state index in [1.54, 1.807) is 42.3 Å². The number of benzene rings is 4. The minimum absolute atomic E-state index is 0.00817. The van der Waals surface area contributed by atoms with Crippen LogP contribution in [-0.2, 0) is 23.2 Å². The Bertz CT molecular complexity index is 1990. The zero-order valence-corrected chi connectivity index (χ0v) is 27.1. The van der Waals surface area contributed by atoms with Crippen molar-refractivity contribution in [1.82, 2.24) is 10.2 Å². The molecule has 1 saturated heterocycles. The summed E-state index contributed by atoms with van der Waals surface area (Å²) in [6.45, 7) is 1.96. The first-order chi connectivity index (χ1) is 23.3. The van der Waals surface area contributed by atoms with E-state index in [0.717, 1.165) is 16.7 Å². The summed E-state index contributed by atoms with van der Waals surface area (Å²) in [6.07, 6.45) is 3.83. The minimum Gasteiger partial charge on any atom is -0.858 e. The Morgan fingerprint density at radius 2 is 1.58 bits per heavy atom. The van der Waals surface area contributed by atoms with Gasteiger partial charge in [-0.2, -0.15) is 0 Å². The molecule has 0 radical (unpaired) electrons. The van der Waals surface area contributed by atoms with Crippen molar-refractivity contribution in [2.24, 2.45) is 12.0 Å². The number of hydrogen-bond donors (Lipinski definition) is 1. The van der Waals surface area contributed by atoms with E-state index in [4.69, 9.17) is 16.7 Å². The van der Waals surface area contributed by atoms with Crippen molar-refractivity contribution >= 4 is 64.5 Å². The Labute approximate surface area is 283 Å². The Kier molecular flexibility index (Phi) is 9.49. The van der Waals surface area contributed by atoms with Crippen LogP contribution in [0.4, 0.5) is 17.3 Å². The third-order valence-corrected chi connectivity index (χ3v) is 8.30. The van der Waals surface area contributed by atoms with Crippen molar-refractivity contribution in [2.45, 2.75) is 25.9 Å². The fraction of sp³-hybridized carbons (Fsp3) is 0.135. The van der Waals surface area contributed by atoms with Crippen molar-refractivity contribution in [3.63, 3.8) is 0 Å². The van der Waals surface area contributed by atoms with E-state index in [1.165, 1.54) is 9.58 Å². The number of carbonyl (C=O) groups is 2. The Morgan fingerprint density at radius 3 is 2.25 bits per heavy atom. The van der Waals surface area contributed by atoms with Crippen LogP contribution < -0.4 is 20.0 Å². The zero-order valence-electron chi connectivity index (χ0n) is 26.3. The molecule has 240 valence electrons. The van der Waals surface area contributed by atoms with Gasteiger partial charge in [0.1, 0.15) is 12.6 Å². The van der Waals surface area contributed by atoms with Gasteiger partial charge in [0, 0.05) is 5.69 Å². The van der Waals surface area contributed by atoms with E-state index in [9.17, 15) is 14.7 Å². The number of amides is 2. The lowest BCUT2D eigenvalue weighted by Gasteiger charge is -2.22. The summed E-state index contributed by atoms with van der Waals surface area (Å²) in [4.78, 5) is 34.6. The van der Waals surface area contributed by atoms with Gasteiger partial charge in [-0.3, -0.25) is 19.0 Å². The van der Waals surface area contributed by atoms with Crippen LogP contribution in [0.1, 0.15) is 34.4 Å². The second kappa shape index (κ2) is 14.2. The van der Waals surface area contributed by atoms with Gasteiger partial charge in [0.2, 0.25) is 11.2 Å². The fourth-order valence-corrected chi connectivity index (χ4v) is 5.65. The van der Waals surface area contributed by atoms with Crippen LogP contribution in [0.5, 0.6) is 0 Å². The highest BCUT2D eigenvalue weighted by atomic mass is 32.1. The molecule has 5 aromatic rings. The number of hydrogen-bond acceptors (Lipinski definition) is 7. The number of carbonyl (C=O) groups excluding carboxylic acids is 2. The normalized spacial score (nSPS) is 15.0.